The Balaban J connectivity index is 2.18. The molecule has 1 fully saturated rings. The molecule has 1 saturated heterocycles. The topological polar surface area (TPSA) is 71.0 Å². The molecule has 0 amide bonds. The molecule has 1 heterocycles. The Labute approximate surface area is 155 Å². The fourth-order valence-electron chi connectivity index (χ4n) is 2.91. The van der Waals surface area contributed by atoms with E-state index in [1.807, 2.05) is 11.8 Å². The van der Waals surface area contributed by atoms with Crippen LogP contribution in [0.4, 0.5) is 4.39 Å². The fraction of sp³-hybridized carbons (Fsp3) is 0.611. The highest BCUT2D eigenvalue weighted by Gasteiger charge is 2.40. The number of hydrogen-bond donors (Lipinski definition) is 1. The molecule has 0 spiro atoms. The molecule has 0 aliphatic carbocycles. The fourth-order valence-corrected chi connectivity index (χ4v) is 4.27. The summed E-state index contributed by atoms with van der Waals surface area (Å²) in [7, 11) is -1.58. The predicted octanol–water partition coefficient (Wildman–Crippen LogP) is 1.95. The molecule has 6 nitrogen and oxygen atoms in total. The molecule has 1 aliphatic heterocycles. The average molecular weight is 386 g/mol. The maximum absolute atomic E-state index is 13.7. The SMILES string of the molecule is CCNC(=NCc1ccc(F)c(COC)c1)N1CCS(=O)(=O)C(C)(C)C1. The first-order chi connectivity index (χ1) is 12.2. The standard InChI is InChI=1S/C18H28FN3O3S/c1-5-20-17(22-8-9-26(23,24)18(2,3)13-22)21-11-14-6-7-16(19)15(10-14)12-25-4/h6-7,10H,5,8-9,11-13H2,1-4H3,(H,20,21). The molecule has 0 unspecified atom stereocenters. The van der Waals surface area contributed by atoms with Gasteiger partial charge in [-0.25, -0.2) is 17.8 Å². The lowest BCUT2D eigenvalue weighted by Gasteiger charge is -2.39. The molecule has 0 bridgehead atoms. The zero-order chi connectivity index (χ0) is 19.4. The quantitative estimate of drug-likeness (QED) is 0.620. The molecule has 26 heavy (non-hydrogen) atoms. The maximum atomic E-state index is 13.7. The lowest BCUT2D eigenvalue weighted by molar-refractivity contribution is 0.181. The number of ether oxygens (including phenoxy) is 1. The predicted molar refractivity (Wildman–Crippen MR) is 101 cm³/mol. The van der Waals surface area contributed by atoms with Gasteiger partial charge in [0.15, 0.2) is 15.8 Å². The zero-order valence-corrected chi connectivity index (χ0v) is 16.7. The summed E-state index contributed by atoms with van der Waals surface area (Å²) >= 11 is 0. The van der Waals surface area contributed by atoms with Crippen molar-refractivity contribution in [1.82, 2.24) is 10.2 Å². The van der Waals surface area contributed by atoms with Crippen molar-refractivity contribution in [3.05, 3.63) is 35.1 Å². The van der Waals surface area contributed by atoms with Crippen LogP contribution in [0.25, 0.3) is 0 Å². The molecule has 1 aromatic rings. The van der Waals surface area contributed by atoms with E-state index in [1.165, 1.54) is 13.2 Å². The van der Waals surface area contributed by atoms with Crippen LogP contribution in [0.1, 0.15) is 31.9 Å². The first-order valence-electron chi connectivity index (χ1n) is 8.72. The molecule has 0 saturated carbocycles. The smallest absolute Gasteiger partial charge is 0.194 e. The number of sulfone groups is 1. The third kappa shape index (κ3) is 4.73. The van der Waals surface area contributed by atoms with E-state index in [4.69, 9.17) is 4.74 Å². The van der Waals surface area contributed by atoms with E-state index >= 15 is 0 Å². The minimum atomic E-state index is -3.11. The van der Waals surface area contributed by atoms with Crippen molar-refractivity contribution in [3.8, 4) is 0 Å². The third-order valence-electron chi connectivity index (χ3n) is 4.50. The van der Waals surface area contributed by atoms with Crippen LogP contribution in [0.15, 0.2) is 23.2 Å². The van der Waals surface area contributed by atoms with Gasteiger partial charge >= 0.3 is 0 Å². The summed E-state index contributed by atoms with van der Waals surface area (Å²) in [5.41, 5.74) is 1.37. The Hall–Kier alpha value is -1.67. The molecule has 8 heteroatoms. The second-order valence-corrected chi connectivity index (χ2v) is 9.77. The Morgan fingerprint density at radius 2 is 2.15 bits per heavy atom. The Kier molecular flexibility index (Phi) is 6.63. The van der Waals surface area contributed by atoms with E-state index in [9.17, 15) is 12.8 Å². The van der Waals surface area contributed by atoms with Crippen LogP contribution in [0.2, 0.25) is 0 Å². The number of methoxy groups -OCH3 is 1. The highest BCUT2D eigenvalue weighted by Crippen LogP contribution is 2.24. The summed E-state index contributed by atoms with van der Waals surface area (Å²) in [6.45, 7) is 7.53. The van der Waals surface area contributed by atoms with Gasteiger partial charge in [0, 0.05) is 32.3 Å². The van der Waals surface area contributed by atoms with Gasteiger partial charge < -0.3 is 15.0 Å². The van der Waals surface area contributed by atoms with Gasteiger partial charge in [-0.2, -0.15) is 0 Å². The number of halogens is 1. The number of nitrogens with zero attached hydrogens (tertiary/aromatic N) is 2. The van der Waals surface area contributed by atoms with Crippen LogP contribution in [0.5, 0.6) is 0 Å². The van der Waals surface area contributed by atoms with Gasteiger partial charge in [-0.3, -0.25) is 0 Å². The molecular formula is C18H28FN3O3S. The third-order valence-corrected chi connectivity index (χ3v) is 7.03. The van der Waals surface area contributed by atoms with Crippen LogP contribution in [0, 0.1) is 5.82 Å². The molecule has 0 atom stereocenters. The largest absolute Gasteiger partial charge is 0.380 e. The number of aliphatic imine (C=N–C) groups is 1. The monoisotopic (exact) mass is 385 g/mol. The molecule has 1 aliphatic rings. The van der Waals surface area contributed by atoms with Crippen molar-refractivity contribution >= 4 is 15.8 Å². The van der Waals surface area contributed by atoms with Gasteiger partial charge in [0.2, 0.25) is 0 Å². The van der Waals surface area contributed by atoms with Gasteiger partial charge in [0.1, 0.15) is 5.82 Å². The van der Waals surface area contributed by atoms with Crippen molar-refractivity contribution in [2.75, 3.05) is 32.5 Å². The second kappa shape index (κ2) is 8.35. The maximum Gasteiger partial charge on any atom is 0.194 e. The first kappa shape index (κ1) is 20.6. The molecule has 146 valence electrons. The van der Waals surface area contributed by atoms with Crippen molar-refractivity contribution in [1.29, 1.82) is 0 Å². The summed E-state index contributed by atoms with van der Waals surface area (Å²) in [6, 6.07) is 4.87. The van der Waals surface area contributed by atoms with E-state index in [0.29, 0.717) is 37.7 Å². The van der Waals surface area contributed by atoms with Gasteiger partial charge in [0.05, 0.1) is 23.7 Å². The average Bonchev–Trinajstić information content (AvgIpc) is 2.57. The summed E-state index contributed by atoms with van der Waals surface area (Å²) in [4.78, 5) is 6.60. The zero-order valence-electron chi connectivity index (χ0n) is 15.9. The van der Waals surface area contributed by atoms with Crippen LogP contribution >= 0.6 is 0 Å². The second-order valence-electron chi connectivity index (χ2n) is 7.03. The van der Waals surface area contributed by atoms with Gasteiger partial charge in [-0.15, -0.1) is 0 Å². The Morgan fingerprint density at radius 3 is 2.77 bits per heavy atom. The molecule has 1 aromatic carbocycles. The molecule has 2 rings (SSSR count). The summed E-state index contributed by atoms with van der Waals surface area (Å²) in [5.74, 6) is 0.487. The van der Waals surface area contributed by atoms with Gasteiger partial charge in [-0.05, 0) is 38.5 Å². The van der Waals surface area contributed by atoms with Crippen molar-refractivity contribution in [3.63, 3.8) is 0 Å². The molecule has 1 N–H and O–H groups in total. The number of guanidine groups is 1. The first-order valence-corrected chi connectivity index (χ1v) is 10.4. The normalized spacial score (nSPS) is 19.4. The van der Waals surface area contributed by atoms with Crippen LogP contribution in [-0.4, -0.2) is 56.5 Å². The molecule has 0 aromatic heterocycles. The molecular weight excluding hydrogens is 357 g/mol. The van der Waals surface area contributed by atoms with Crippen LogP contribution in [-0.2, 0) is 27.7 Å². The van der Waals surface area contributed by atoms with E-state index in [0.717, 1.165) is 5.56 Å². The van der Waals surface area contributed by atoms with Crippen molar-refractivity contribution in [2.45, 2.75) is 38.7 Å². The summed E-state index contributed by atoms with van der Waals surface area (Å²) < 4.78 is 42.3. The van der Waals surface area contributed by atoms with E-state index in [1.54, 1.807) is 26.0 Å². The summed E-state index contributed by atoms with van der Waals surface area (Å²) in [6.07, 6.45) is 0. The van der Waals surface area contributed by atoms with Crippen molar-refractivity contribution in [2.24, 2.45) is 4.99 Å². The summed E-state index contributed by atoms with van der Waals surface area (Å²) in [5, 5.41) is 3.22. The van der Waals surface area contributed by atoms with Crippen LogP contribution in [0.3, 0.4) is 0 Å². The van der Waals surface area contributed by atoms with Crippen LogP contribution < -0.4 is 5.32 Å². The van der Waals surface area contributed by atoms with Gasteiger partial charge in [-0.1, -0.05) is 6.07 Å². The minimum absolute atomic E-state index is 0.110. The lowest BCUT2D eigenvalue weighted by atomic mass is 10.1. The van der Waals surface area contributed by atoms with Gasteiger partial charge in [0.25, 0.3) is 0 Å². The highest BCUT2D eigenvalue weighted by atomic mass is 32.2. The Morgan fingerprint density at radius 1 is 1.42 bits per heavy atom. The highest BCUT2D eigenvalue weighted by molar-refractivity contribution is 7.92. The van der Waals surface area contributed by atoms with E-state index in [2.05, 4.69) is 10.3 Å². The number of benzene rings is 1. The minimum Gasteiger partial charge on any atom is -0.380 e. The number of hydrogen-bond acceptors (Lipinski definition) is 4. The van der Waals surface area contributed by atoms with E-state index in [-0.39, 0.29) is 18.2 Å². The van der Waals surface area contributed by atoms with Crippen molar-refractivity contribution < 1.29 is 17.5 Å². The lowest BCUT2D eigenvalue weighted by Crippen LogP contribution is -2.57. The Bertz CT molecular complexity index is 763. The van der Waals surface area contributed by atoms with E-state index < -0.39 is 14.6 Å². The number of nitrogens with one attached hydrogen (secondary N) is 1. The number of rotatable bonds is 5. The molecule has 0 radical (unpaired) electrons.